The first-order chi connectivity index (χ1) is 22.5. The van der Waals surface area contributed by atoms with E-state index in [1.807, 2.05) is 79.1 Å². The van der Waals surface area contributed by atoms with Crippen LogP contribution in [0.2, 0.25) is 10.0 Å². The van der Waals surface area contributed by atoms with Crippen molar-refractivity contribution in [2.75, 3.05) is 18.5 Å². The van der Waals surface area contributed by atoms with Crippen molar-refractivity contribution in [3.05, 3.63) is 119 Å². The highest BCUT2D eigenvalue weighted by molar-refractivity contribution is 6.31. The Labute approximate surface area is 276 Å². The number of aromatic nitrogens is 4. The smallest absolute Gasteiger partial charge is 0.272 e. The van der Waals surface area contributed by atoms with Crippen LogP contribution in [0.15, 0.2) is 97.5 Å². The Morgan fingerprint density at radius 2 is 1.83 bits per heavy atom. The molecule has 0 bridgehead atoms. The van der Waals surface area contributed by atoms with E-state index in [4.69, 9.17) is 32.9 Å². The highest BCUT2D eigenvalue weighted by Crippen LogP contribution is 2.41. The van der Waals surface area contributed by atoms with Gasteiger partial charge in [0, 0.05) is 44.3 Å². The first kappa shape index (κ1) is 30.0. The van der Waals surface area contributed by atoms with Crippen molar-refractivity contribution < 1.29 is 9.53 Å². The zero-order valence-corrected chi connectivity index (χ0v) is 26.6. The van der Waals surface area contributed by atoms with Crippen LogP contribution >= 0.6 is 23.2 Å². The van der Waals surface area contributed by atoms with Gasteiger partial charge in [-0.25, -0.2) is 9.97 Å². The molecule has 1 saturated heterocycles. The molecule has 3 aromatic carbocycles. The number of anilines is 1. The summed E-state index contributed by atoms with van der Waals surface area (Å²) in [5, 5.41) is 8.56. The van der Waals surface area contributed by atoms with E-state index in [-0.39, 0.29) is 18.0 Å². The second-order valence-electron chi connectivity index (χ2n) is 11.4. The molecule has 232 valence electrons. The predicted octanol–water partition coefficient (Wildman–Crippen LogP) is 8.39. The van der Waals surface area contributed by atoms with Crippen LogP contribution in [0.1, 0.15) is 41.9 Å². The van der Waals surface area contributed by atoms with E-state index in [0.29, 0.717) is 39.5 Å². The third-order valence-electron chi connectivity index (χ3n) is 8.44. The Morgan fingerprint density at radius 3 is 2.61 bits per heavy atom. The quantitative estimate of drug-likeness (QED) is 0.146. The molecule has 1 aliphatic heterocycles. The Morgan fingerprint density at radius 1 is 1.02 bits per heavy atom. The Bertz CT molecular complexity index is 2000. The van der Waals surface area contributed by atoms with Crippen LogP contribution in [0.5, 0.6) is 5.88 Å². The number of hydrogen-bond acceptors (Lipinski definition) is 5. The standard InChI is InChI=1S/C36H32Cl2N6O2/c1-22(23-11-13-25(37)14-12-23)44-21-41-32(24-7-3-2-4-8-24)34(44)31-28-16-15-26(38)19-30(28)42-33(31)35(45)43-29-10-6-18-40-36(29)46-20-27-9-5-17-39-27/h2-4,6-8,10-16,18-19,21-22,27,39,42H,5,9,17,20H2,1H3,(H,43,45)/t22-,27+/m0/s1. The average molecular weight is 652 g/mol. The number of amides is 1. The number of hydrogen-bond donors (Lipinski definition) is 3. The summed E-state index contributed by atoms with van der Waals surface area (Å²) in [6.07, 6.45) is 5.65. The lowest BCUT2D eigenvalue weighted by molar-refractivity contribution is 0.102. The SMILES string of the molecule is C[C@@H](c1ccc(Cl)cc1)n1cnc(-c2ccccc2)c1-c1c(C(=O)Nc2cccnc2OC[C@H]2CCCN2)[nH]c2cc(Cl)ccc12. The van der Waals surface area contributed by atoms with Gasteiger partial charge in [-0.05, 0) is 68.3 Å². The molecular formula is C36H32Cl2N6O2. The first-order valence-electron chi connectivity index (χ1n) is 15.3. The highest BCUT2D eigenvalue weighted by Gasteiger charge is 2.28. The number of ether oxygens (including phenoxy) is 1. The molecule has 0 spiro atoms. The number of imidazole rings is 1. The second kappa shape index (κ2) is 13.0. The number of carbonyl (C=O) groups is 1. The lowest BCUT2D eigenvalue weighted by Crippen LogP contribution is -2.28. The molecule has 0 aliphatic carbocycles. The molecule has 3 N–H and O–H groups in total. The normalized spacial score (nSPS) is 15.2. The van der Waals surface area contributed by atoms with Crippen LogP contribution in [0.25, 0.3) is 33.4 Å². The van der Waals surface area contributed by atoms with Crippen LogP contribution < -0.4 is 15.4 Å². The summed E-state index contributed by atoms with van der Waals surface area (Å²) >= 11 is 12.7. The van der Waals surface area contributed by atoms with Crippen molar-refractivity contribution >= 4 is 45.7 Å². The molecule has 0 unspecified atom stereocenters. The van der Waals surface area contributed by atoms with Crippen molar-refractivity contribution in [2.45, 2.75) is 31.8 Å². The molecule has 46 heavy (non-hydrogen) atoms. The van der Waals surface area contributed by atoms with Crippen molar-refractivity contribution in [1.29, 1.82) is 0 Å². The molecular weight excluding hydrogens is 619 g/mol. The zero-order valence-electron chi connectivity index (χ0n) is 25.1. The highest BCUT2D eigenvalue weighted by atomic mass is 35.5. The minimum Gasteiger partial charge on any atom is -0.475 e. The number of benzene rings is 3. The topological polar surface area (TPSA) is 96.9 Å². The third-order valence-corrected chi connectivity index (χ3v) is 8.93. The molecule has 2 atom stereocenters. The van der Waals surface area contributed by atoms with Gasteiger partial charge in [-0.15, -0.1) is 0 Å². The van der Waals surface area contributed by atoms with Crippen molar-refractivity contribution in [3.8, 4) is 28.4 Å². The van der Waals surface area contributed by atoms with E-state index in [2.05, 4.69) is 32.1 Å². The lowest BCUT2D eigenvalue weighted by Gasteiger charge is -2.19. The summed E-state index contributed by atoms with van der Waals surface area (Å²) in [5.74, 6) is 0.0294. The second-order valence-corrected chi connectivity index (χ2v) is 12.3. The molecule has 1 fully saturated rings. The molecule has 4 heterocycles. The molecule has 1 amide bonds. The Balaban J connectivity index is 1.36. The average Bonchev–Trinajstić information content (AvgIpc) is 3.83. The fraction of sp³-hybridized carbons (Fsp3) is 0.194. The molecule has 0 radical (unpaired) electrons. The van der Waals surface area contributed by atoms with Crippen LogP contribution in [0.4, 0.5) is 5.69 Å². The van der Waals surface area contributed by atoms with E-state index in [0.717, 1.165) is 52.8 Å². The number of aromatic amines is 1. The number of nitrogens with one attached hydrogen (secondary N) is 3. The minimum atomic E-state index is -0.343. The molecule has 6 aromatic rings. The number of rotatable bonds is 9. The van der Waals surface area contributed by atoms with Crippen LogP contribution in [-0.2, 0) is 0 Å². The molecule has 0 saturated carbocycles. The number of halogens is 2. The number of pyridine rings is 1. The summed E-state index contributed by atoms with van der Waals surface area (Å²) in [4.78, 5) is 27.0. The van der Waals surface area contributed by atoms with E-state index in [9.17, 15) is 4.79 Å². The van der Waals surface area contributed by atoms with Crippen LogP contribution in [0, 0.1) is 0 Å². The van der Waals surface area contributed by atoms with Crippen molar-refractivity contribution in [1.82, 2.24) is 24.8 Å². The fourth-order valence-electron chi connectivity index (χ4n) is 6.06. The van der Waals surface area contributed by atoms with Gasteiger partial charge >= 0.3 is 0 Å². The maximum atomic E-state index is 14.3. The number of nitrogens with zero attached hydrogens (tertiary/aromatic N) is 3. The Hall–Kier alpha value is -4.63. The summed E-state index contributed by atoms with van der Waals surface area (Å²) in [6, 6.07) is 27.0. The number of H-pyrrole nitrogens is 1. The van der Waals surface area contributed by atoms with Gasteiger partial charge in [0.05, 0.1) is 23.8 Å². The molecule has 3 aromatic heterocycles. The van der Waals surface area contributed by atoms with Gasteiger partial charge in [-0.1, -0.05) is 71.7 Å². The van der Waals surface area contributed by atoms with Gasteiger partial charge in [0.2, 0.25) is 5.88 Å². The van der Waals surface area contributed by atoms with Crippen LogP contribution in [0.3, 0.4) is 0 Å². The number of fused-ring (bicyclic) bond motifs is 1. The largest absolute Gasteiger partial charge is 0.475 e. The molecule has 7 rings (SSSR count). The monoisotopic (exact) mass is 650 g/mol. The molecule has 8 nitrogen and oxygen atoms in total. The van der Waals surface area contributed by atoms with Gasteiger partial charge in [-0.2, -0.15) is 0 Å². The predicted molar refractivity (Wildman–Crippen MR) is 184 cm³/mol. The van der Waals surface area contributed by atoms with E-state index in [1.54, 1.807) is 18.3 Å². The minimum absolute atomic E-state index is 0.132. The van der Waals surface area contributed by atoms with E-state index in [1.165, 1.54) is 0 Å². The maximum absolute atomic E-state index is 14.3. The van der Waals surface area contributed by atoms with Gasteiger partial charge < -0.3 is 24.9 Å². The summed E-state index contributed by atoms with van der Waals surface area (Å²) in [6.45, 7) is 3.55. The molecule has 1 aliphatic rings. The van der Waals surface area contributed by atoms with E-state index >= 15 is 0 Å². The Kier molecular flexibility index (Phi) is 8.49. The summed E-state index contributed by atoms with van der Waals surface area (Å²) in [7, 11) is 0. The fourth-order valence-corrected chi connectivity index (χ4v) is 6.36. The van der Waals surface area contributed by atoms with Crippen LogP contribution in [-0.4, -0.2) is 44.6 Å². The zero-order chi connectivity index (χ0) is 31.6. The summed E-state index contributed by atoms with van der Waals surface area (Å²) < 4.78 is 8.18. The van der Waals surface area contributed by atoms with E-state index < -0.39 is 0 Å². The van der Waals surface area contributed by atoms with Gasteiger partial charge in [-0.3, -0.25) is 4.79 Å². The van der Waals surface area contributed by atoms with Crippen molar-refractivity contribution in [2.24, 2.45) is 0 Å². The lowest BCUT2D eigenvalue weighted by atomic mass is 9.99. The van der Waals surface area contributed by atoms with Crippen molar-refractivity contribution in [3.63, 3.8) is 0 Å². The summed E-state index contributed by atoms with van der Waals surface area (Å²) in [5.41, 5.74) is 5.81. The van der Waals surface area contributed by atoms with Gasteiger partial charge in [0.15, 0.2) is 0 Å². The third kappa shape index (κ3) is 5.99. The van der Waals surface area contributed by atoms with Gasteiger partial charge in [0.1, 0.15) is 18.0 Å². The molecule has 10 heteroatoms. The number of carbonyl (C=O) groups excluding carboxylic acids is 1. The first-order valence-corrected chi connectivity index (χ1v) is 16.0. The maximum Gasteiger partial charge on any atom is 0.272 e. The van der Waals surface area contributed by atoms with Gasteiger partial charge in [0.25, 0.3) is 5.91 Å².